The Bertz CT molecular complexity index is 372. The average Bonchev–Trinajstić information content (AvgIpc) is 2.58. The van der Waals surface area contributed by atoms with Crippen LogP contribution in [0.1, 0.15) is 26.7 Å². The summed E-state index contributed by atoms with van der Waals surface area (Å²) in [5.41, 5.74) is 0. The maximum absolute atomic E-state index is 13.0. The van der Waals surface area contributed by atoms with Crippen LogP contribution in [-0.2, 0) is 9.63 Å². The van der Waals surface area contributed by atoms with Gasteiger partial charge in [0, 0.05) is 12.1 Å². The Hall–Kier alpha value is -1.06. The zero-order valence-electron chi connectivity index (χ0n) is 10.5. The summed E-state index contributed by atoms with van der Waals surface area (Å²) in [5.74, 6) is -15.4. The molecule has 1 rings (SSSR count). The summed E-state index contributed by atoms with van der Waals surface area (Å²) in [7, 11) is 0. The molecule has 0 N–H and O–H groups in total. The van der Waals surface area contributed by atoms with Crippen molar-refractivity contribution in [3.63, 3.8) is 0 Å². The van der Waals surface area contributed by atoms with Crippen molar-refractivity contribution < 1.29 is 40.4 Å². The first-order valence-corrected chi connectivity index (χ1v) is 5.65. The van der Waals surface area contributed by atoms with Crippen LogP contribution >= 0.6 is 0 Å². The second-order valence-electron chi connectivity index (χ2n) is 4.66. The fraction of sp³-hybridized carbons (Fsp3) is 0.900. The molecule has 0 amide bonds. The number of alkyl halides is 7. The van der Waals surface area contributed by atoms with Gasteiger partial charge in [0.25, 0.3) is 0 Å². The largest absolute Gasteiger partial charge is 0.460 e. The van der Waals surface area contributed by atoms with Crippen molar-refractivity contribution in [1.29, 1.82) is 0 Å². The summed E-state index contributed by atoms with van der Waals surface area (Å²) in [6.45, 7) is 2.94. The van der Waals surface area contributed by atoms with Gasteiger partial charge >= 0.3 is 24.0 Å². The molecule has 0 aromatic rings. The Morgan fingerprint density at radius 1 is 1.00 bits per heavy atom. The number of hydrogen-bond acceptors (Lipinski definition) is 3. The lowest BCUT2D eigenvalue weighted by Gasteiger charge is -2.30. The molecule has 0 radical (unpaired) electrons. The van der Waals surface area contributed by atoms with Gasteiger partial charge in [-0.25, -0.2) is 4.79 Å². The van der Waals surface area contributed by atoms with Gasteiger partial charge in [-0.2, -0.15) is 30.7 Å². The summed E-state index contributed by atoms with van der Waals surface area (Å²) in [6.07, 6.45) is -5.68. The van der Waals surface area contributed by atoms with E-state index >= 15 is 0 Å². The van der Waals surface area contributed by atoms with Crippen molar-refractivity contribution in [2.45, 2.75) is 56.8 Å². The second kappa shape index (κ2) is 5.05. The van der Waals surface area contributed by atoms with Crippen LogP contribution in [0.15, 0.2) is 0 Å². The summed E-state index contributed by atoms with van der Waals surface area (Å²) < 4.78 is 87.0. The molecule has 1 fully saturated rings. The van der Waals surface area contributed by atoms with E-state index in [0.717, 1.165) is 0 Å². The standard InChI is InChI=1S/C10H12F7NO2/c1-5-3-4-6(2)18(5)20-7(19)8(11,12)9(13,14)10(15,16)17/h5-6H,3-4H2,1-2H3. The van der Waals surface area contributed by atoms with E-state index in [9.17, 15) is 35.5 Å². The number of hydrogen-bond donors (Lipinski definition) is 0. The number of hydroxylamine groups is 2. The first-order valence-electron chi connectivity index (χ1n) is 5.65. The van der Waals surface area contributed by atoms with Crippen molar-refractivity contribution in [3.05, 3.63) is 0 Å². The number of nitrogens with zero attached hydrogens (tertiary/aromatic N) is 1. The van der Waals surface area contributed by atoms with Crippen LogP contribution in [0.4, 0.5) is 30.7 Å². The normalized spacial score (nSPS) is 25.9. The van der Waals surface area contributed by atoms with Crippen LogP contribution in [0.2, 0.25) is 0 Å². The molecule has 118 valence electrons. The van der Waals surface area contributed by atoms with E-state index in [4.69, 9.17) is 0 Å². The predicted octanol–water partition coefficient (Wildman–Crippen LogP) is 3.15. The smallest absolute Gasteiger partial charge is 0.362 e. The van der Waals surface area contributed by atoms with E-state index in [1.54, 1.807) is 0 Å². The molecule has 0 aliphatic carbocycles. The Morgan fingerprint density at radius 2 is 1.40 bits per heavy atom. The van der Waals surface area contributed by atoms with Gasteiger partial charge in [-0.15, -0.1) is 5.06 Å². The lowest BCUT2D eigenvalue weighted by Crippen LogP contribution is -2.58. The highest BCUT2D eigenvalue weighted by Gasteiger charge is 2.77. The van der Waals surface area contributed by atoms with E-state index in [2.05, 4.69) is 4.84 Å². The molecule has 10 heteroatoms. The first-order chi connectivity index (χ1) is 8.82. The molecule has 1 saturated heterocycles. The van der Waals surface area contributed by atoms with Crippen LogP contribution in [0, 0.1) is 0 Å². The van der Waals surface area contributed by atoms with Crippen molar-refractivity contribution >= 4 is 5.97 Å². The minimum atomic E-state index is -6.56. The maximum Gasteiger partial charge on any atom is 0.460 e. The lowest BCUT2D eigenvalue weighted by atomic mass is 10.1. The molecule has 0 aromatic carbocycles. The van der Waals surface area contributed by atoms with E-state index in [0.29, 0.717) is 17.9 Å². The maximum atomic E-state index is 13.0. The van der Waals surface area contributed by atoms with Crippen molar-refractivity contribution in [3.8, 4) is 0 Å². The van der Waals surface area contributed by atoms with E-state index in [1.165, 1.54) is 13.8 Å². The van der Waals surface area contributed by atoms with Crippen LogP contribution in [0.25, 0.3) is 0 Å². The predicted molar refractivity (Wildman–Crippen MR) is 52.0 cm³/mol. The number of carbonyl (C=O) groups excluding carboxylic acids is 1. The third-order valence-corrected chi connectivity index (χ3v) is 3.07. The molecule has 2 atom stereocenters. The molecular weight excluding hydrogens is 299 g/mol. The summed E-state index contributed by atoms with van der Waals surface area (Å²) in [5, 5.41) is 0.711. The zero-order chi connectivity index (χ0) is 15.9. The van der Waals surface area contributed by atoms with Crippen LogP contribution in [-0.4, -0.2) is 41.1 Å². The fourth-order valence-corrected chi connectivity index (χ4v) is 1.81. The monoisotopic (exact) mass is 311 g/mol. The van der Waals surface area contributed by atoms with Gasteiger partial charge < -0.3 is 4.84 Å². The Kier molecular flexibility index (Phi) is 4.29. The van der Waals surface area contributed by atoms with Crippen molar-refractivity contribution in [1.82, 2.24) is 5.06 Å². The second-order valence-corrected chi connectivity index (χ2v) is 4.66. The average molecular weight is 311 g/mol. The summed E-state index contributed by atoms with van der Waals surface area (Å²) >= 11 is 0. The highest BCUT2D eigenvalue weighted by atomic mass is 19.4. The van der Waals surface area contributed by atoms with Crippen LogP contribution < -0.4 is 0 Å². The molecule has 0 bridgehead atoms. The highest BCUT2D eigenvalue weighted by molar-refractivity contribution is 5.79. The Balaban J connectivity index is 2.90. The van der Waals surface area contributed by atoms with Gasteiger partial charge in [-0.05, 0) is 26.7 Å². The third kappa shape index (κ3) is 2.70. The summed E-state index contributed by atoms with van der Waals surface area (Å²) in [4.78, 5) is 15.1. The minimum Gasteiger partial charge on any atom is -0.362 e. The third-order valence-electron chi connectivity index (χ3n) is 3.07. The number of rotatable bonds is 3. The van der Waals surface area contributed by atoms with E-state index in [1.807, 2.05) is 0 Å². The molecule has 0 saturated carbocycles. The molecule has 1 aliphatic rings. The molecule has 2 unspecified atom stereocenters. The van der Waals surface area contributed by atoms with Crippen LogP contribution in [0.3, 0.4) is 0 Å². The Labute approximate surface area is 109 Å². The molecular formula is C10H12F7NO2. The quantitative estimate of drug-likeness (QED) is 0.750. The van der Waals surface area contributed by atoms with Gasteiger partial charge in [0.15, 0.2) is 0 Å². The molecule has 0 spiro atoms. The van der Waals surface area contributed by atoms with Gasteiger partial charge in [0.1, 0.15) is 0 Å². The number of carbonyl (C=O) groups is 1. The minimum absolute atomic E-state index is 0.440. The van der Waals surface area contributed by atoms with Gasteiger partial charge in [-0.3, -0.25) is 0 Å². The van der Waals surface area contributed by atoms with E-state index < -0.39 is 36.1 Å². The topological polar surface area (TPSA) is 29.5 Å². The molecule has 0 aromatic heterocycles. The molecule has 1 heterocycles. The van der Waals surface area contributed by atoms with E-state index in [-0.39, 0.29) is 0 Å². The van der Waals surface area contributed by atoms with Gasteiger partial charge in [0.05, 0.1) is 0 Å². The summed E-state index contributed by atoms with van der Waals surface area (Å²) in [6, 6.07) is -1.08. The SMILES string of the molecule is CC1CCC(C)N1OC(=O)C(F)(F)C(F)(F)C(F)(F)F. The number of halogens is 7. The molecule has 1 aliphatic heterocycles. The molecule has 20 heavy (non-hydrogen) atoms. The van der Waals surface area contributed by atoms with Crippen molar-refractivity contribution in [2.75, 3.05) is 0 Å². The van der Waals surface area contributed by atoms with Gasteiger partial charge in [0.2, 0.25) is 0 Å². The molecule has 3 nitrogen and oxygen atoms in total. The highest BCUT2D eigenvalue weighted by Crippen LogP contribution is 2.47. The lowest BCUT2D eigenvalue weighted by molar-refractivity contribution is -0.354. The zero-order valence-corrected chi connectivity index (χ0v) is 10.5. The first kappa shape index (κ1) is 17.0. The fourth-order valence-electron chi connectivity index (χ4n) is 1.81. The van der Waals surface area contributed by atoms with Crippen LogP contribution in [0.5, 0.6) is 0 Å². The Morgan fingerprint density at radius 3 is 1.75 bits per heavy atom. The van der Waals surface area contributed by atoms with Crippen molar-refractivity contribution in [2.24, 2.45) is 0 Å². The van der Waals surface area contributed by atoms with Gasteiger partial charge in [-0.1, -0.05) is 0 Å².